The van der Waals surface area contributed by atoms with E-state index in [1.165, 1.54) is 51.7 Å². The van der Waals surface area contributed by atoms with E-state index in [0.717, 1.165) is 21.6 Å². The Morgan fingerprint density at radius 2 is 1.01 bits per heavy atom. The van der Waals surface area contributed by atoms with Crippen LogP contribution in [0.1, 0.15) is 72.8 Å². The Bertz CT molecular complexity index is 4720. The number of nitrogens with one attached hydrogen (secondary N) is 18. The number of aromatic amines is 3. The van der Waals surface area contributed by atoms with E-state index >= 15 is 28.8 Å². The van der Waals surface area contributed by atoms with E-state index in [-0.39, 0.29) is 83.7 Å². The molecule has 43 heteroatoms. The summed E-state index contributed by atoms with van der Waals surface area (Å²) in [7, 11) is 4.09. The Hall–Kier alpha value is -13.7. The zero-order valence-corrected chi connectivity index (χ0v) is 68.0. The van der Waals surface area contributed by atoms with Crippen molar-refractivity contribution in [1.29, 1.82) is 10.8 Å². The number of benzene rings is 3. The number of primary amides is 1. The first-order valence-corrected chi connectivity index (χ1v) is 40.1. The molecule has 121 heavy (non-hydrogen) atoms. The van der Waals surface area contributed by atoms with E-state index in [4.69, 9.17) is 28.0 Å². The van der Waals surface area contributed by atoms with Crippen LogP contribution in [0.5, 0.6) is 0 Å². The van der Waals surface area contributed by atoms with Crippen molar-refractivity contribution in [2.24, 2.45) is 24.2 Å². The van der Waals surface area contributed by atoms with Gasteiger partial charge in [0.15, 0.2) is 11.9 Å². The van der Waals surface area contributed by atoms with E-state index in [2.05, 4.69) is 99.0 Å². The fraction of sp³-hybridized carbons (Fsp3) is 0.423. The third-order valence-corrected chi connectivity index (χ3v) is 20.7. The molecule has 1 saturated heterocycles. The normalized spacial score (nSPS) is 21.9. The maximum atomic E-state index is 15.4. The number of carbonyl (C=O) groups excluding carboxylic acids is 14. The number of amides is 14. The molecule has 0 saturated carbocycles. The summed E-state index contributed by atoms with van der Waals surface area (Å²) >= 11 is 0.806. The zero-order valence-electron chi connectivity index (χ0n) is 67.2. The average molecular weight is 1690 g/mol. The van der Waals surface area contributed by atoms with Crippen molar-refractivity contribution in [2.45, 2.75) is 144 Å². The van der Waals surface area contributed by atoms with Gasteiger partial charge in [-0.3, -0.25) is 77.9 Å². The minimum atomic E-state index is -1.83. The lowest BCUT2D eigenvalue weighted by molar-refractivity contribution is -0.143. The molecule has 1 aliphatic rings. The minimum Gasteiger partial charge on any atom is -0.394 e. The van der Waals surface area contributed by atoms with Crippen LogP contribution in [0.3, 0.4) is 0 Å². The molecule has 0 aliphatic carbocycles. The third-order valence-electron chi connectivity index (χ3n) is 19.7. The van der Waals surface area contributed by atoms with Gasteiger partial charge in [-0.05, 0) is 54.9 Å². The summed E-state index contributed by atoms with van der Waals surface area (Å²) in [6, 6.07) is 6.80. The Balaban J connectivity index is 1.19. The summed E-state index contributed by atoms with van der Waals surface area (Å²) < 4.78 is 1.54. The quantitative estimate of drug-likeness (QED) is 0.0144. The predicted molar refractivity (Wildman–Crippen MR) is 442 cm³/mol. The van der Waals surface area contributed by atoms with Crippen LogP contribution in [0, 0.1) is 10.8 Å². The van der Waals surface area contributed by atoms with Gasteiger partial charge in [-0.15, -0.1) is 11.8 Å². The molecule has 0 unspecified atom stereocenters. The number of hydrogen-bond acceptors (Lipinski definition) is 21. The molecule has 648 valence electrons. The number of nitrogens with zero attached hydrogens (tertiary/aromatic N) is 6. The smallest absolute Gasteiger partial charge is 0.245 e. The molecule has 1 aliphatic heterocycles. The van der Waals surface area contributed by atoms with Gasteiger partial charge in [0.25, 0.3) is 0 Å². The number of aromatic nitrogens is 7. The van der Waals surface area contributed by atoms with Gasteiger partial charge in [-0.2, -0.15) is 0 Å². The first-order chi connectivity index (χ1) is 58.0. The van der Waals surface area contributed by atoms with Crippen LogP contribution >= 0.6 is 11.8 Å². The van der Waals surface area contributed by atoms with Gasteiger partial charge in [0, 0.05) is 131 Å². The number of carbonyl (C=O) groups is 14. The van der Waals surface area contributed by atoms with E-state index in [1.54, 1.807) is 110 Å². The first kappa shape index (κ1) is 92.8. The Morgan fingerprint density at radius 1 is 0.512 bits per heavy atom. The Morgan fingerprint density at radius 3 is 1.59 bits per heavy atom. The van der Waals surface area contributed by atoms with Gasteiger partial charge in [0.1, 0.15) is 66.5 Å². The van der Waals surface area contributed by atoms with Crippen LogP contribution < -0.4 is 86.3 Å². The molecule has 0 bridgehead atoms. The fourth-order valence-electron chi connectivity index (χ4n) is 13.2. The standard InChI is InChI=1S/C78H105N27O15S/c1-5-51-67(111)98-56(28-46-32-89-52-21-13-12-20-50(46)52)70(114)101-59(30-48-34-85-42-92-48)75(119)103(2)37-64(108)94-60(38-106)73(117)97-54(23-15-25-88-78(82)83)76(120)105(4)62(27-45-18-10-7-11-19-45)74(118)100-57(29-47-33-84-41-91-47)71(115)96-53(22-14-24-87-77(80)81)68(112)99-58(31-49-35-86-43-104(49)3)72(116)102-61(66(110)90-36-63(79)107)39-121-40-65(109)93-55(69(113)95-51)26-44-16-8-6-9-17-44/h6-13,16-21,32-35,41-43,51,53-62,89,106H,5,14-15,22-31,36-40H2,1-4H3,(H2,79,107)(H,84,91)(H,85,92)(H,90,110)(H,93,109)(H,94,108)(H,95,113)(H,96,115)(H,97,117)(H,98,111)(H,99,112)(H,100,118)(H,101,114)(H,102,116)(H4,80,81,87)(H4,82,83,88)/t51-,53+,54-,55+,56-,57-,58-,59-,60-,61-,62-/m0/s1. The van der Waals surface area contributed by atoms with Gasteiger partial charge in [0.2, 0.25) is 82.7 Å². The zero-order chi connectivity index (χ0) is 87.7. The Kier molecular flexibility index (Phi) is 35.6. The van der Waals surface area contributed by atoms with E-state index in [0.29, 0.717) is 44.7 Å². The number of H-pyrrole nitrogens is 3. The number of likely N-dealkylation sites (N-methyl/N-ethyl adjacent to an activating group) is 2. The highest BCUT2D eigenvalue weighted by atomic mass is 32.2. The summed E-state index contributed by atoms with van der Waals surface area (Å²) in [5, 5.41) is 61.4. The van der Waals surface area contributed by atoms with Gasteiger partial charge in [-0.25, -0.2) is 15.0 Å². The van der Waals surface area contributed by atoms with Gasteiger partial charge < -0.3 is 121 Å². The molecule has 14 amide bonds. The maximum Gasteiger partial charge on any atom is 0.245 e. The second-order valence-electron chi connectivity index (χ2n) is 28.8. The van der Waals surface area contributed by atoms with Gasteiger partial charge in [-0.1, -0.05) is 85.8 Å². The molecule has 3 aromatic carbocycles. The van der Waals surface area contributed by atoms with E-state index in [1.807, 2.05) is 0 Å². The third kappa shape index (κ3) is 29.1. The molecule has 1 fully saturated rings. The van der Waals surface area contributed by atoms with Crippen LogP contribution in [-0.2, 0) is 113 Å². The lowest BCUT2D eigenvalue weighted by Gasteiger charge is -2.33. The summed E-state index contributed by atoms with van der Waals surface area (Å²) in [5.74, 6) is -15.0. The SMILES string of the molecule is CC[C@@H]1NC(=O)[C@@H](Cc2ccccc2)NC(=O)CSC[C@@H](C(=O)NCC(N)=O)NC(=O)[C@H](Cc2cncn2C)NC(=O)[C@@H](CCCNC(=N)N)NC(=O)[C@H](Cc2cnc[nH]2)NC(=O)[C@H](Cc2ccccc2)N(C)C(=O)[C@H](CCCNC(=N)N)NC(=O)[C@H](CO)NC(=O)CN(C)C(=O)[C@H](Cc2cnc[nH]2)NC(=O)[C@H](Cc2c[nH]c3ccccc23)NC1=O. The molecule has 0 spiro atoms. The number of para-hydroxylation sites is 1. The van der Waals surface area contributed by atoms with Crippen molar-refractivity contribution in [1.82, 2.24) is 113 Å². The number of nitrogens with two attached hydrogens (primary N) is 3. The van der Waals surface area contributed by atoms with Crippen molar-refractivity contribution in [3.63, 3.8) is 0 Å². The molecule has 25 N–H and O–H groups in total. The number of fused-ring (bicyclic) bond motifs is 1. The lowest BCUT2D eigenvalue weighted by atomic mass is 10.0. The number of hydrogen-bond donors (Lipinski definition) is 22. The number of aryl methyl sites for hydroxylation is 1. The van der Waals surface area contributed by atoms with Crippen molar-refractivity contribution >= 4 is 117 Å². The van der Waals surface area contributed by atoms with Crippen molar-refractivity contribution in [3.8, 4) is 0 Å². The van der Waals surface area contributed by atoms with Crippen molar-refractivity contribution in [3.05, 3.63) is 162 Å². The van der Waals surface area contributed by atoms with E-state index in [9.17, 15) is 43.5 Å². The minimum absolute atomic E-state index is 0.0151. The maximum absolute atomic E-state index is 15.4. The topological polar surface area (TPSA) is 639 Å². The molecule has 42 nitrogen and oxygen atoms in total. The number of guanidine groups is 2. The van der Waals surface area contributed by atoms with Crippen molar-refractivity contribution < 1.29 is 72.2 Å². The van der Waals surface area contributed by atoms with Crippen LogP contribution in [-0.4, -0.2) is 269 Å². The van der Waals surface area contributed by atoms with Gasteiger partial charge >= 0.3 is 0 Å². The fourth-order valence-corrected chi connectivity index (χ4v) is 14.0. The molecule has 11 atom stereocenters. The Labute approximate surface area is 699 Å². The number of aliphatic hydroxyl groups excluding tert-OH is 1. The average Bonchev–Trinajstić information content (AvgIpc) is 1.67. The van der Waals surface area contributed by atoms with Crippen LogP contribution in [0.15, 0.2) is 129 Å². The molecule has 0 radical (unpaired) electrons. The highest BCUT2D eigenvalue weighted by Gasteiger charge is 2.40. The van der Waals surface area contributed by atoms with E-state index < -0.39 is 192 Å². The van der Waals surface area contributed by atoms with Crippen LogP contribution in [0.25, 0.3) is 10.9 Å². The predicted octanol–water partition coefficient (Wildman–Crippen LogP) is -5.49. The molecule has 5 heterocycles. The van der Waals surface area contributed by atoms with Gasteiger partial charge in [0.05, 0.1) is 44.4 Å². The second kappa shape index (κ2) is 46.4. The number of thioether (sulfide) groups is 1. The summed E-state index contributed by atoms with van der Waals surface area (Å²) in [6.45, 7) is -1.05. The molecule has 4 aromatic heterocycles. The number of rotatable bonds is 25. The van der Waals surface area contributed by atoms with Crippen LogP contribution in [0.4, 0.5) is 0 Å². The van der Waals surface area contributed by atoms with Crippen LogP contribution in [0.2, 0.25) is 0 Å². The summed E-state index contributed by atoms with van der Waals surface area (Å²) in [5.41, 5.74) is 20.0. The first-order valence-electron chi connectivity index (χ1n) is 38.9. The number of aliphatic hydroxyl groups is 1. The number of imidazole rings is 3. The molecule has 7 aromatic rings. The monoisotopic (exact) mass is 1690 g/mol. The summed E-state index contributed by atoms with van der Waals surface area (Å²) in [6.07, 6.45) is 7.85. The highest BCUT2D eigenvalue weighted by Crippen LogP contribution is 2.21. The molecule has 8 rings (SSSR count). The highest BCUT2D eigenvalue weighted by molar-refractivity contribution is 8.00. The summed E-state index contributed by atoms with van der Waals surface area (Å²) in [4.78, 5) is 228. The second-order valence-corrected chi connectivity index (χ2v) is 29.9. The lowest BCUT2D eigenvalue weighted by Crippen LogP contribution is -2.61. The molecular weight excluding hydrogens is 1590 g/mol. The molecular formula is C78H105N27O15S. The largest absolute Gasteiger partial charge is 0.394 e. The van der Waals surface area contributed by atoms with Crippen molar-refractivity contribution in [2.75, 3.05) is 58.4 Å².